The molecule has 1 aliphatic heterocycles. The first-order chi connectivity index (χ1) is 8.33. The van der Waals surface area contributed by atoms with Crippen LogP contribution in [-0.4, -0.2) is 28.9 Å². The number of ether oxygens (including phenoxy) is 2. The van der Waals surface area contributed by atoms with Crippen LogP contribution in [0.15, 0.2) is 24.3 Å². The molecule has 2 heterocycles. The SMILES string of the molecule is Cc1snnc1-c1cccc(OCC2CO2)c1. The Morgan fingerprint density at radius 3 is 3.12 bits per heavy atom. The maximum absolute atomic E-state index is 5.64. The molecule has 0 aliphatic carbocycles. The van der Waals surface area contributed by atoms with Crippen LogP contribution in [0.25, 0.3) is 11.3 Å². The summed E-state index contributed by atoms with van der Waals surface area (Å²) in [6.45, 7) is 3.46. The summed E-state index contributed by atoms with van der Waals surface area (Å²) in [6.07, 6.45) is 0.279. The Labute approximate surface area is 103 Å². The van der Waals surface area contributed by atoms with E-state index in [1.165, 1.54) is 11.5 Å². The predicted molar refractivity (Wildman–Crippen MR) is 65.3 cm³/mol. The van der Waals surface area contributed by atoms with Gasteiger partial charge in [0.1, 0.15) is 24.2 Å². The highest BCUT2D eigenvalue weighted by molar-refractivity contribution is 7.05. The molecule has 17 heavy (non-hydrogen) atoms. The van der Waals surface area contributed by atoms with Crippen LogP contribution < -0.4 is 4.74 Å². The molecule has 88 valence electrons. The average molecular weight is 248 g/mol. The zero-order chi connectivity index (χ0) is 11.7. The van der Waals surface area contributed by atoms with Crippen molar-refractivity contribution in [2.75, 3.05) is 13.2 Å². The van der Waals surface area contributed by atoms with E-state index in [9.17, 15) is 0 Å². The number of rotatable bonds is 4. The van der Waals surface area contributed by atoms with E-state index < -0.39 is 0 Å². The van der Waals surface area contributed by atoms with Crippen molar-refractivity contribution in [3.63, 3.8) is 0 Å². The van der Waals surface area contributed by atoms with E-state index in [4.69, 9.17) is 9.47 Å². The van der Waals surface area contributed by atoms with Gasteiger partial charge in [0.05, 0.1) is 11.5 Å². The Morgan fingerprint density at radius 2 is 2.41 bits per heavy atom. The summed E-state index contributed by atoms with van der Waals surface area (Å²) in [4.78, 5) is 1.12. The van der Waals surface area contributed by atoms with Crippen molar-refractivity contribution in [1.82, 2.24) is 9.59 Å². The quantitative estimate of drug-likeness (QED) is 0.779. The summed E-state index contributed by atoms with van der Waals surface area (Å²) in [6, 6.07) is 7.93. The Balaban J connectivity index is 1.80. The molecule has 4 nitrogen and oxygen atoms in total. The molecule has 1 aromatic heterocycles. The number of epoxide rings is 1. The number of nitrogens with zero attached hydrogens (tertiary/aromatic N) is 2. The summed E-state index contributed by atoms with van der Waals surface area (Å²) < 4.78 is 14.7. The van der Waals surface area contributed by atoms with Crippen LogP contribution in [0.1, 0.15) is 4.88 Å². The van der Waals surface area contributed by atoms with Crippen LogP contribution in [0.2, 0.25) is 0 Å². The Bertz CT molecular complexity index is 523. The summed E-state index contributed by atoms with van der Waals surface area (Å²) in [5.74, 6) is 0.852. The Kier molecular flexibility index (Phi) is 2.78. The van der Waals surface area contributed by atoms with Gasteiger partial charge in [-0.15, -0.1) is 5.10 Å². The zero-order valence-electron chi connectivity index (χ0n) is 9.42. The number of hydrogen-bond acceptors (Lipinski definition) is 5. The van der Waals surface area contributed by atoms with Crippen molar-refractivity contribution in [1.29, 1.82) is 0 Å². The first kappa shape index (κ1) is 10.7. The molecule has 0 radical (unpaired) electrons. The molecule has 0 amide bonds. The second-order valence-corrected chi connectivity index (χ2v) is 4.93. The lowest BCUT2D eigenvalue weighted by molar-refractivity contribution is 0.263. The summed E-state index contributed by atoms with van der Waals surface area (Å²) >= 11 is 1.41. The standard InChI is InChI=1S/C12H12N2O2S/c1-8-12(13-14-17-8)9-3-2-4-10(5-9)15-6-11-7-16-11/h2-5,11H,6-7H2,1H3. The second-order valence-electron chi connectivity index (χ2n) is 3.97. The van der Waals surface area contributed by atoms with Gasteiger partial charge in [-0.05, 0) is 30.6 Å². The minimum absolute atomic E-state index is 0.279. The highest BCUT2D eigenvalue weighted by Crippen LogP contribution is 2.26. The molecule has 5 heteroatoms. The fourth-order valence-corrected chi connectivity index (χ4v) is 2.07. The molecule has 1 unspecified atom stereocenters. The van der Waals surface area contributed by atoms with Gasteiger partial charge in [0.15, 0.2) is 0 Å². The number of aromatic nitrogens is 2. The topological polar surface area (TPSA) is 47.5 Å². The minimum Gasteiger partial charge on any atom is -0.491 e. The van der Waals surface area contributed by atoms with Crippen LogP contribution in [-0.2, 0) is 4.74 Å². The maximum Gasteiger partial charge on any atom is 0.120 e. The summed E-state index contributed by atoms with van der Waals surface area (Å²) in [7, 11) is 0. The van der Waals surface area contributed by atoms with Crippen molar-refractivity contribution in [3.8, 4) is 17.0 Å². The molecule has 2 aromatic rings. The molecule has 3 rings (SSSR count). The minimum atomic E-state index is 0.279. The largest absolute Gasteiger partial charge is 0.491 e. The molecule has 0 bridgehead atoms. The van der Waals surface area contributed by atoms with Gasteiger partial charge in [0.2, 0.25) is 0 Å². The summed E-state index contributed by atoms with van der Waals surface area (Å²) in [5, 5.41) is 4.12. The van der Waals surface area contributed by atoms with Gasteiger partial charge in [-0.1, -0.05) is 16.6 Å². The first-order valence-corrected chi connectivity index (χ1v) is 6.24. The molecule has 0 saturated carbocycles. The molecule has 1 atom stereocenters. The molecule has 0 spiro atoms. The van der Waals surface area contributed by atoms with Crippen LogP contribution in [0.3, 0.4) is 0 Å². The highest BCUT2D eigenvalue weighted by Gasteiger charge is 2.23. The fraction of sp³-hybridized carbons (Fsp3) is 0.333. The van der Waals surface area contributed by atoms with Gasteiger partial charge in [-0.25, -0.2) is 0 Å². The number of aryl methyl sites for hydroxylation is 1. The lowest BCUT2D eigenvalue weighted by Crippen LogP contribution is -2.03. The molecular weight excluding hydrogens is 236 g/mol. The van der Waals surface area contributed by atoms with Gasteiger partial charge < -0.3 is 9.47 Å². The van der Waals surface area contributed by atoms with Crippen LogP contribution in [0, 0.1) is 6.92 Å². The van der Waals surface area contributed by atoms with Gasteiger partial charge in [0, 0.05) is 5.56 Å². The average Bonchev–Trinajstić information content (AvgIpc) is 3.08. The molecule has 1 fully saturated rings. The first-order valence-electron chi connectivity index (χ1n) is 5.47. The van der Waals surface area contributed by atoms with Gasteiger partial charge in [-0.2, -0.15) is 0 Å². The summed E-state index contributed by atoms with van der Waals surface area (Å²) in [5.41, 5.74) is 1.98. The highest BCUT2D eigenvalue weighted by atomic mass is 32.1. The van der Waals surface area contributed by atoms with Gasteiger partial charge in [0.25, 0.3) is 0 Å². The molecule has 1 aromatic carbocycles. The van der Waals surface area contributed by atoms with Crippen molar-refractivity contribution in [3.05, 3.63) is 29.1 Å². The predicted octanol–water partition coefficient (Wildman–Crippen LogP) is 2.29. The monoisotopic (exact) mass is 248 g/mol. The lowest BCUT2D eigenvalue weighted by Gasteiger charge is -2.05. The Hall–Kier alpha value is -1.46. The van der Waals surface area contributed by atoms with Crippen molar-refractivity contribution >= 4 is 11.5 Å². The third-order valence-electron chi connectivity index (χ3n) is 2.60. The lowest BCUT2D eigenvalue weighted by atomic mass is 10.1. The molecule has 0 N–H and O–H groups in total. The molecule has 1 aliphatic rings. The van der Waals surface area contributed by atoms with E-state index in [0.29, 0.717) is 6.61 Å². The van der Waals surface area contributed by atoms with E-state index >= 15 is 0 Å². The van der Waals surface area contributed by atoms with E-state index in [1.54, 1.807) is 0 Å². The molecular formula is C12H12N2O2S. The van der Waals surface area contributed by atoms with E-state index in [-0.39, 0.29) is 6.10 Å². The van der Waals surface area contributed by atoms with Crippen molar-refractivity contribution < 1.29 is 9.47 Å². The van der Waals surface area contributed by atoms with Crippen LogP contribution in [0.5, 0.6) is 5.75 Å². The maximum atomic E-state index is 5.64. The van der Waals surface area contributed by atoms with E-state index in [0.717, 1.165) is 28.5 Å². The number of hydrogen-bond donors (Lipinski definition) is 0. The fourth-order valence-electron chi connectivity index (χ4n) is 1.58. The van der Waals surface area contributed by atoms with Crippen molar-refractivity contribution in [2.45, 2.75) is 13.0 Å². The second kappa shape index (κ2) is 4.43. The van der Waals surface area contributed by atoms with Gasteiger partial charge >= 0.3 is 0 Å². The van der Waals surface area contributed by atoms with Crippen molar-refractivity contribution in [2.24, 2.45) is 0 Å². The third kappa shape index (κ3) is 2.45. The van der Waals surface area contributed by atoms with Gasteiger partial charge in [-0.3, -0.25) is 0 Å². The Morgan fingerprint density at radius 1 is 1.53 bits per heavy atom. The number of benzene rings is 1. The zero-order valence-corrected chi connectivity index (χ0v) is 10.2. The smallest absolute Gasteiger partial charge is 0.120 e. The van der Waals surface area contributed by atoms with Crippen LogP contribution in [0.4, 0.5) is 0 Å². The molecule has 1 saturated heterocycles. The normalized spacial score (nSPS) is 18.1. The van der Waals surface area contributed by atoms with E-state index in [1.807, 2.05) is 31.2 Å². The van der Waals surface area contributed by atoms with Crippen LogP contribution >= 0.6 is 11.5 Å². The third-order valence-corrected chi connectivity index (χ3v) is 3.23. The van der Waals surface area contributed by atoms with E-state index in [2.05, 4.69) is 9.59 Å².